The Morgan fingerprint density at radius 2 is 1.45 bits per heavy atom. The summed E-state index contributed by atoms with van der Waals surface area (Å²) in [6, 6.07) is 33.6. The van der Waals surface area contributed by atoms with Crippen LogP contribution in [0.1, 0.15) is 0 Å². The molecule has 0 saturated heterocycles. The maximum absolute atomic E-state index is 5.12. The van der Waals surface area contributed by atoms with Gasteiger partial charge in [-0.2, -0.15) is 0 Å². The molecule has 0 spiro atoms. The molecule has 3 heteroatoms. The number of para-hydroxylation sites is 1. The van der Waals surface area contributed by atoms with E-state index in [0.717, 1.165) is 16.8 Å². The Morgan fingerprint density at radius 1 is 0.710 bits per heavy atom. The molecule has 2 nitrogen and oxygen atoms in total. The number of rotatable bonds is 1. The van der Waals surface area contributed by atoms with Crippen LogP contribution in [0.15, 0.2) is 84.9 Å². The number of hydrogen-bond acceptors (Lipinski definition) is 1. The maximum atomic E-state index is 5.12. The zero-order chi connectivity index (χ0) is 19.8. The number of hydrogen-bond donors (Lipinski definition) is 0. The van der Waals surface area contributed by atoms with Crippen molar-refractivity contribution in [2.75, 3.05) is 0 Å². The Morgan fingerprint density at radius 3 is 2.32 bits per heavy atom. The minimum absolute atomic E-state index is 0. The van der Waals surface area contributed by atoms with Gasteiger partial charge in [0.15, 0.2) is 0 Å². The summed E-state index contributed by atoms with van der Waals surface area (Å²) in [5.74, 6) is 0. The van der Waals surface area contributed by atoms with Crippen LogP contribution in [0.2, 0.25) is 0 Å². The first kappa shape index (κ1) is 18.5. The van der Waals surface area contributed by atoms with Crippen molar-refractivity contribution < 1.29 is 20.1 Å². The second-order valence-electron chi connectivity index (χ2n) is 7.99. The van der Waals surface area contributed by atoms with Crippen molar-refractivity contribution in [3.05, 3.63) is 91.0 Å². The molecular formula is C28H17IrN2-. The molecule has 7 rings (SSSR count). The van der Waals surface area contributed by atoms with Crippen LogP contribution in [0, 0.1) is 6.07 Å². The van der Waals surface area contributed by atoms with Crippen molar-refractivity contribution in [1.82, 2.24) is 9.55 Å². The third kappa shape index (κ3) is 2.39. The Bertz CT molecular complexity index is 1660. The van der Waals surface area contributed by atoms with Gasteiger partial charge in [-0.3, -0.25) is 4.98 Å². The van der Waals surface area contributed by atoms with Crippen molar-refractivity contribution in [3.63, 3.8) is 0 Å². The first-order valence-corrected chi connectivity index (χ1v) is 10.2. The maximum Gasteiger partial charge on any atom is 0.0607 e. The van der Waals surface area contributed by atoms with Crippen LogP contribution in [0.3, 0.4) is 0 Å². The van der Waals surface area contributed by atoms with Gasteiger partial charge in [-0.15, -0.1) is 23.8 Å². The molecule has 31 heavy (non-hydrogen) atoms. The molecule has 0 saturated carbocycles. The van der Waals surface area contributed by atoms with Crippen molar-refractivity contribution in [2.45, 2.75) is 0 Å². The largest absolute Gasteiger partial charge is 0.361 e. The second kappa shape index (κ2) is 6.62. The first-order valence-electron chi connectivity index (χ1n) is 10.2. The van der Waals surface area contributed by atoms with Gasteiger partial charge >= 0.3 is 0 Å². The Labute approximate surface area is 193 Å². The smallest absolute Gasteiger partial charge is 0.0607 e. The van der Waals surface area contributed by atoms with Gasteiger partial charge in [0.2, 0.25) is 0 Å². The molecule has 0 atom stereocenters. The summed E-state index contributed by atoms with van der Waals surface area (Å²) in [7, 11) is 2.13. The van der Waals surface area contributed by atoms with Crippen LogP contribution < -0.4 is 0 Å². The minimum atomic E-state index is 0. The minimum Gasteiger partial charge on any atom is -0.361 e. The van der Waals surface area contributed by atoms with Crippen molar-refractivity contribution in [2.24, 2.45) is 7.05 Å². The summed E-state index contributed by atoms with van der Waals surface area (Å²) < 4.78 is 2.26. The molecule has 0 unspecified atom stereocenters. The quantitative estimate of drug-likeness (QED) is 0.194. The predicted octanol–water partition coefficient (Wildman–Crippen LogP) is 6.99. The van der Waals surface area contributed by atoms with Crippen molar-refractivity contribution >= 4 is 32.7 Å². The molecular weight excluding hydrogens is 557 g/mol. The molecule has 0 fully saturated rings. The normalized spacial score (nSPS) is 11.8. The van der Waals surface area contributed by atoms with E-state index in [1.165, 1.54) is 49.4 Å². The summed E-state index contributed by atoms with van der Waals surface area (Å²) in [6.45, 7) is 0. The monoisotopic (exact) mass is 574 g/mol. The van der Waals surface area contributed by atoms with Gasteiger partial charge in [0.25, 0.3) is 0 Å². The summed E-state index contributed by atoms with van der Waals surface area (Å²) in [5.41, 5.74) is 10.7. The van der Waals surface area contributed by atoms with Gasteiger partial charge in [0.1, 0.15) is 0 Å². The third-order valence-corrected chi connectivity index (χ3v) is 6.47. The van der Waals surface area contributed by atoms with Gasteiger partial charge in [-0.25, -0.2) is 0 Å². The topological polar surface area (TPSA) is 17.8 Å². The van der Waals surface area contributed by atoms with E-state index in [1.54, 1.807) is 0 Å². The number of aryl methyl sites for hydroxylation is 1. The van der Waals surface area contributed by atoms with E-state index in [2.05, 4.69) is 96.5 Å². The zero-order valence-corrected chi connectivity index (χ0v) is 19.2. The molecule has 1 aliphatic carbocycles. The van der Waals surface area contributed by atoms with E-state index in [-0.39, 0.29) is 20.1 Å². The third-order valence-electron chi connectivity index (χ3n) is 6.47. The van der Waals surface area contributed by atoms with E-state index < -0.39 is 0 Å². The van der Waals surface area contributed by atoms with Gasteiger partial charge in [0.05, 0.1) is 5.52 Å². The van der Waals surface area contributed by atoms with E-state index in [9.17, 15) is 0 Å². The summed E-state index contributed by atoms with van der Waals surface area (Å²) in [4.78, 5) is 5.12. The van der Waals surface area contributed by atoms with Gasteiger partial charge < -0.3 is 4.57 Å². The van der Waals surface area contributed by atoms with Crippen LogP contribution in [0.5, 0.6) is 0 Å². The standard InChI is InChI=1S/C28H17N2.Ir/c1-30-25-14-5-4-10-21(25)28-20(12-7-15-26(28)30)24-16-22-18-9-3-2-8-17(18)19-11-6-13-23(29-24)27(19)22;/h2-11,13-16H,1H3;/q-1;. The fraction of sp³-hybridized carbons (Fsp3) is 0.0357. The Balaban J connectivity index is 0.00000185. The van der Waals surface area contributed by atoms with Crippen LogP contribution in [-0.4, -0.2) is 9.55 Å². The van der Waals surface area contributed by atoms with Crippen LogP contribution in [-0.2, 0) is 27.2 Å². The summed E-state index contributed by atoms with van der Waals surface area (Å²) in [5, 5.41) is 3.72. The van der Waals surface area contributed by atoms with E-state index in [1.807, 2.05) is 6.07 Å². The van der Waals surface area contributed by atoms with E-state index >= 15 is 0 Å². The van der Waals surface area contributed by atoms with Gasteiger partial charge in [0, 0.05) is 38.1 Å². The molecule has 4 aromatic carbocycles. The van der Waals surface area contributed by atoms with Crippen molar-refractivity contribution in [1.29, 1.82) is 0 Å². The molecule has 0 amide bonds. The fourth-order valence-corrected chi connectivity index (χ4v) is 5.15. The summed E-state index contributed by atoms with van der Waals surface area (Å²) >= 11 is 0. The van der Waals surface area contributed by atoms with Gasteiger partial charge in [-0.05, 0) is 51.0 Å². The molecule has 2 heterocycles. The predicted molar refractivity (Wildman–Crippen MR) is 124 cm³/mol. The second-order valence-corrected chi connectivity index (χ2v) is 7.99. The SMILES string of the molecule is Cn1c2ccccc2c2c(-c3cc4c5c(cccc5n3)-c3ccccc3-4)[c-]ccc21.[Ir]. The Kier molecular flexibility index (Phi) is 3.95. The van der Waals surface area contributed by atoms with Crippen LogP contribution >= 0.6 is 0 Å². The van der Waals surface area contributed by atoms with Crippen LogP contribution in [0.25, 0.3) is 66.2 Å². The number of benzene rings is 4. The molecule has 0 bridgehead atoms. The molecule has 0 N–H and O–H groups in total. The van der Waals surface area contributed by atoms with Crippen molar-refractivity contribution in [3.8, 4) is 33.5 Å². The molecule has 149 valence electrons. The summed E-state index contributed by atoms with van der Waals surface area (Å²) in [6.07, 6.45) is 0. The first-order chi connectivity index (χ1) is 14.8. The van der Waals surface area contributed by atoms with E-state index in [4.69, 9.17) is 4.98 Å². The molecule has 1 aliphatic rings. The van der Waals surface area contributed by atoms with Crippen LogP contribution in [0.4, 0.5) is 0 Å². The van der Waals surface area contributed by atoms with E-state index in [0.29, 0.717) is 0 Å². The average Bonchev–Trinajstić information content (AvgIpc) is 3.28. The Hall–Kier alpha value is -3.26. The van der Waals surface area contributed by atoms with Gasteiger partial charge in [-0.1, -0.05) is 66.0 Å². The molecule has 0 aliphatic heterocycles. The fourth-order valence-electron chi connectivity index (χ4n) is 5.15. The zero-order valence-electron chi connectivity index (χ0n) is 16.8. The number of aromatic nitrogens is 2. The molecule has 2 aromatic heterocycles. The molecule has 1 radical (unpaired) electrons. The number of nitrogens with zero attached hydrogens (tertiary/aromatic N) is 2. The average molecular weight is 574 g/mol. The molecule has 6 aromatic rings. The number of pyridine rings is 1. The number of fused-ring (bicyclic) bond motifs is 6.